The Balaban J connectivity index is 0. The molecule has 4 nitrogen and oxygen atoms in total. The van der Waals surface area contributed by atoms with E-state index in [0.29, 0.717) is 13.2 Å². The third-order valence-electron chi connectivity index (χ3n) is 7.25. The van der Waals surface area contributed by atoms with E-state index in [1.54, 1.807) is 21.7 Å². The van der Waals surface area contributed by atoms with Gasteiger partial charge in [-0.15, -0.1) is 0 Å². The van der Waals surface area contributed by atoms with Crippen LogP contribution in [0.5, 0.6) is 0 Å². The number of hydrogen-bond acceptors (Lipinski definition) is 4. The van der Waals surface area contributed by atoms with Crippen molar-refractivity contribution in [3.05, 3.63) is 12.2 Å². The number of esters is 2. The van der Waals surface area contributed by atoms with Gasteiger partial charge < -0.3 is 9.47 Å². The van der Waals surface area contributed by atoms with E-state index >= 15 is 0 Å². The van der Waals surface area contributed by atoms with Crippen LogP contribution in [0.25, 0.3) is 0 Å². The van der Waals surface area contributed by atoms with Crippen LogP contribution in [0.4, 0.5) is 0 Å². The van der Waals surface area contributed by atoms with Gasteiger partial charge in [0.05, 0.1) is 13.2 Å². The van der Waals surface area contributed by atoms with Crippen LogP contribution in [-0.4, -0.2) is 46.3 Å². The second kappa shape index (κ2) is 39.5. The summed E-state index contributed by atoms with van der Waals surface area (Å²) in [4.78, 5) is 22.9. The number of unbranched alkanes of at least 4 members (excludes halogenated alkanes) is 20. The maximum absolute atomic E-state index is 11.4. The Morgan fingerprint density at radius 2 is 0.683 bits per heavy atom. The standard InChI is InChI=1S/C20H36O4.2C8H17.Sn/c1-3-5-7-9-11-13-17-23-19(21)15-16-20(22)24-18-14-12-10-8-6-4-2;2*1-3-5-7-8-6-4-2;/h15-16H,3-14,17-18H2,1-2H3;2*1,3-8H2,2H3;. The topological polar surface area (TPSA) is 52.6 Å². The molecule has 5 heteroatoms. The van der Waals surface area contributed by atoms with E-state index in [1.165, 1.54) is 116 Å². The van der Waals surface area contributed by atoms with Crippen LogP contribution in [0.1, 0.15) is 182 Å². The van der Waals surface area contributed by atoms with Crippen LogP contribution in [0.2, 0.25) is 8.87 Å². The summed E-state index contributed by atoms with van der Waals surface area (Å²) in [5.74, 6) is -0.944. The molecule has 0 atom stereocenters. The quantitative estimate of drug-likeness (QED) is 0.0327. The molecule has 0 unspecified atom stereocenters. The van der Waals surface area contributed by atoms with Crippen LogP contribution in [0.3, 0.4) is 0 Å². The van der Waals surface area contributed by atoms with Crippen molar-refractivity contribution in [2.24, 2.45) is 0 Å². The van der Waals surface area contributed by atoms with Crippen molar-refractivity contribution in [2.45, 2.75) is 191 Å². The molecule has 0 aliphatic carbocycles. The maximum atomic E-state index is 11.4. The van der Waals surface area contributed by atoms with Crippen molar-refractivity contribution in [1.82, 2.24) is 0 Å². The summed E-state index contributed by atoms with van der Waals surface area (Å²) in [6.45, 7) is 9.81. The molecule has 0 fully saturated rings. The van der Waals surface area contributed by atoms with Crippen LogP contribution >= 0.6 is 0 Å². The van der Waals surface area contributed by atoms with E-state index in [4.69, 9.17) is 9.47 Å². The normalized spacial score (nSPS) is 10.9. The van der Waals surface area contributed by atoms with Gasteiger partial charge in [0.2, 0.25) is 0 Å². The number of ether oxygens (including phenoxy) is 2. The number of hydrogen-bond donors (Lipinski definition) is 0. The van der Waals surface area contributed by atoms with Gasteiger partial charge in [-0.2, -0.15) is 0 Å². The van der Waals surface area contributed by atoms with Gasteiger partial charge in [0.15, 0.2) is 0 Å². The summed E-state index contributed by atoms with van der Waals surface area (Å²) in [6.07, 6.45) is 33.9. The molecule has 0 aromatic rings. The SMILES string of the molecule is CCCCCCCCOC(=O)C=CC(=O)OCCCCCCCC.CCCCCCC[CH2][Sn][CH2]CCCCCCC. The number of carbonyl (C=O) groups excluding carboxylic acids is 2. The van der Waals surface area contributed by atoms with Gasteiger partial charge in [0.25, 0.3) is 0 Å². The van der Waals surface area contributed by atoms with E-state index in [1.807, 2.05) is 0 Å². The zero-order valence-corrected chi connectivity index (χ0v) is 30.9. The van der Waals surface area contributed by atoms with Gasteiger partial charge in [0.1, 0.15) is 0 Å². The Bertz CT molecular complexity index is 504. The Labute approximate surface area is 267 Å². The van der Waals surface area contributed by atoms with Gasteiger partial charge in [-0.25, -0.2) is 9.59 Å². The summed E-state index contributed by atoms with van der Waals surface area (Å²) < 4.78 is 13.4. The van der Waals surface area contributed by atoms with Crippen LogP contribution < -0.4 is 0 Å². The van der Waals surface area contributed by atoms with Crippen molar-refractivity contribution in [3.8, 4) is 0 Å². The van der Waals surface area contributed by atoms with Crippen molar-refractivity contribution >= 4 is 33.1 Å². The monoisotopic (exact) mass is 686 g/mol. The van der Waals surface area contributed by atoms with Crippen LogP contribution in [-0.2, 0) is 19.1 Å². The molecule has 0 spiro atoms. The fourth-order valence-electron chi connectivity index (χ4n) is 4.53. The van der Waals surface area contributed by atoms with E-state index in [0.717, 1.165) is 37.8 Å². The summed E-state index contributed by atoms with van der Waals surface area (Å²) in [5.41, 5.74) is 0. The zero-order valence-electron chi connectivity index (χ0n) is 28.1. The van der Waals surface area contributed by atoms with Gasteiger partial charge in [0, 0.05) is 12.2 Å². The molecular formula is C36H70O4Sn. The van der Waals surface area contributed by atoms with Crippen molar-refractivity contribution in [2.75, 3.05) is 13.2 Å². The Kier molecular flexibility index (Phi) is 41.0. The first-order valence-corrected chi connectivity index (χ1v) is 21.9. The minimum atomic E-state index is -0.472. The summed E-state index contributed by atoms with van der Waals surface area (Å²) >= 11 is 0.0736. The predicted molar refractivity (Wildman–Crippen MR) is 180 cm³/mol. The van der Waals surface area contributed by atoms with E-state index in [2.05, 4.69) is 27.7 Å². The first kappa shape index (κ1) is 42.6. The molecule has 0 aromatic heterocycles. The molecule has 0 bridgehead atoms. The molecule has 41 heavy (non-hydrogen) atoms. The van der Waals surface area contributed by atoms with Gasteiger partial charge in [-0.1, -0.05) is 78.1 Å². The zero-order chi connectivity index (χ0) is 30.5. The molecule has 0 amide bonds. The van der Waals surface area contributed by atoms with Gasteiger partial charge in [-0.3, -0.25) is 0 Å². The third-order valence-corrected chi connectivity index (χ3v) is 11.3. The van der Waals surface area contributed by atoms with E-state index in [-0.39, 0.29) is 21.1 Å². The molecule has 0 heterocycles. The Morgan fingerprint density at radius 3 is 1.00 bits per heavy atom. The second-order valence-electron chi connectivity index (χ2n) is 11.5. The molecule has 0 aliphatic heterocycles. The molecule has 0 saturated carbocycles. The molecule has 0 aromatic carbocycles. The molecule has 0 saturated heterocycles. The van der Waals surface area contributed by atoms with Gasteiger partial charge >= 0.3 is 133 Å². The number of carbonyl (C=O) groups is 2. The summed E-state index contributed by atoms with van der Waals surface area (Å²) in [6, 6.07) is 0. The molecular weight excluding hydrogens is 615 g/mol. The Hall–Kier alpha value is -0.521. The first-order chi connectivity index (χ1) is 20.1. The van der Waals surface area contributed by atoms with Crippen molar-refractivity contribution in [3.63, 3.8) is 0 Å². The van der Waals surface area contributed by atoms with Crippen molar-refractivity contribution < 1.29 is 19.1 Å². The molecule has 0 aliphatic rings. The van der Waals surface area contributed by atoms with Gasteiger partial charge in [-0.05, 0) is 12.8 Å². The van der Waals surface area contributed by atoms with Crippen LogP contribution in [0, 0.1) is 0 Å². The summed E-state index contributed by atoms with van der Waals surface area (Å²) in [5, 5.41) is 0. The van der Waals surface area contributed by atoms with Crippen LogP contribution in [0.15, 0.2) is 12.2 Å². The summed E-state index contributed by atoms with van der Waals surface area (Å²) in [7, 11) is 0. The number of rotatable bonds is 30. The Morgan fingerprint density at radius 1 is 0.415 bits per heavy atom. The third kappa shape index (κ3) is 41.7. The fraction of sp³-hybridized carbons (Fsp3) is 0.889. The molecule has 0 rings (SSSR count). The average Bonchev–Trinajstić information content (AvgIpc) is 2.98. The van der Waals surface area contributed by atoms with E-state index in [9.17, 15) is 9.59 Å². The molecule has 2 radical (unpaired) electrons. The minimum absolute atomic E-state index is 0.0736. The average molecular weight is 686 g/mol. The van der Waals surface area contributed by atoms with E-state index < -0.39 is 11.9 Å². The predicted octanol–water partition coefficient (Wildman–Crippen LogP) is 11.6. The second-order valence-corrected chi connectivity index (χ2v) is 15.8. The molecule has 0 N–H and O–H groups in total. The van der Waals surface area contributed by atoms with Crippen molar-refractivity contribution in [1.29, 1.82) is 0 Å². The molecule has 242 valence electrons. The fourth-order valence-corrected chi connectivity index (χ4v) is 8.10. The first-order valence-electron chi connectivity index (χ1n) is 17.8.